The van der Waals surface area contributed by atoms with E-state index in [1.165, 1.54) is 18.5 Å². The molecule has 324 valence electrons. The minimum Gasteiger partial charge on any atom is -0.457 e. The van der Waals surface area contributed by atoms with Gasteiger partial charge in [0.2, 0.25) is 5.78 Å². The number of nitrogens with zero attached hydrogens (tertiary/aromatic N) is 5. The second-order valence-corrected chi connectivity index (χ2v) is 28.0. The summed E-state index contributed by atoms with van der Waals surface area (Å²) in [6.45, 7) is -8.08. The van der Waals surface area contributed by atoms with E-state index in [9.17, 15) is 12.3 Å². The fourth-order valence-corrected chi connectivity index (χ4v) is 24.6. The fraction of sp³-hybridized carbons (Fsp3) is 0.0862. The van der Waals surface area contributed by atoms with E-state index in [4.69, 9.17) is 19.7 Å². The number of hydrogen-bond donors (Lipinski definition) is 0. The van der Waals surface area contributed by atoms with E-state index in [0.29, 0.717) is 5.19 Å². The molecule has 1 aliphatic heterocycles. The van der Waals surface area contributed by atoms with Crippen molar-refractivity contribution in [1.29, 1.82) is 0 Å². The van der Waals surface area contributed by atoms with Crippen LogP contribution in [0, 0.1) is 0 Å². The minimum absolute atomic E-state index is 0.128. The molecule has 1 aliphatic rings. The normalized spacial score (nSPS) is 18.3. The molecule has 11 aromatic rings. The first kappa shape index (κ1) is 32.3. The van der Waals surface area contributed by atoms with Gasteiger partial charge in [0.15, 0.2) is 8.07 Å². The average Bonchev–Trinajstić information content (AvgIpc) is 3.43. The largest absolute Gasteiger partial charge is 0.457 e. The lowest BCUT2D eigenvalue weighted by Crippen LogP contribution is -2.78. The summed E-state index contributed by atoms with van der Waals surface area (Å²) in [6.07, 6.45) is 2.91. The molecule has 12 rings (SSSR count). The van der Waals surface area contributed by atoms with Crippen LogP contribution in [0.2, 0.25) is 26.0 Å². The van der Waals surface area contributed by atoms with Gasteiger partial charge in [0.25, 0.3) is 0 Å². The molecule has 67 heavy (non-hydrogen) atoms. The third-order valence-corrected chi connectivity index (χ3v) is 27.4. The lowest BCUT2D eigenvalue weighted by Gasteiger charge is -2.57. The lowest BCUT2D eigenvalue weighted by molar-refractivity contribution is 0.453. The van der Waals surface area contributed by atoms with E-state index >= 15 is 0 Å². The van der Waals surface area contributed by atoms with E-state index in [1.54, 1.807) is 67.2 Å². The number of pyridine rings is 2. The maximum absolute atomic E-state index is 10.0. The van der Waals surface area contributed by atoms with Crippen molar-refractivity contribution in [2.45, 2.75) is 30.6 Å². The Morgan fingerprint density at radius 2 is 1.07 bits per heavy atom. The fourth-order valence-electron chi connectivity index (χ4n) is 11.1. The van der Waals surface area contributed by atoms with Crippen LogP contribution < -0.4 is 36.1 Å². The molecule has 0 bridgehead atoms. The van der Waals surface area contributed by atoms with Gasteiger partial charge in [-0.05, 0) is 87.5 Å². The Morgan fingerprint density at radius 3 is 1.76 bits per heavy atom. The van der Waals surface area contributed by atoms with Crippen LogP contribution in [-0.4, -0.2) is 48.1 Å². The molecule has 2 unspecified atom stereocenters. The maximum atomic E-state index is 10.0. The number of rotatable bonds is 9. The molecular formula is C58H49N5OSi3. The number of imidazole rings is 2. The molecule has 0 aliphatic carbocycles. The van der Waals surface area contributed by atoms with Gasteiger partial charge in [0.05, 0.1) is 22.1 Å². The second-order valence-electron chi connectivity index (χ2n) is 17.4. The van der Waals surface area contributed by atoms with Crippen molar-refractivity contribution < 1.29 is 17.1 Å². The molecule has 5 heterocycles. The van der Waals surface area contributed by atoms with Crippen molar-refractivity contribution in [2.75, 3.05) is 0 Å². The Balaban J connectivity index is 1.29. The number of hydrogen-bond acceptors (Lipinski definition) is 4. The highest BCUT2D eigenvalue weighted by Crippen LogP contribution is 2.56. The Morgan fingerprint density at radius 1 is 0.507 bits per heavy atom. The van der Waals surface area contributed by atoms with Crippen LogP contribution in [0.4, 0.5) is 0 Å². The molecule has 0 saturated heterocycles. The predicted octanol–water partition coefficient (Wildman–Crippen LogP) is 9.30. The zero-order chi connectivity index (χ0) is 52.9. The van der Waals surface area contributed by atoms with Crippen LogP contribution in [0.25, 0.3) is 33.5 Å². The zero-order valence-electron chi connectivity index (χ0n) is 45.5. The SMILES string of the molecule is [2H]C([2H])([2H])[Si](C)(c1ccccn1)C1([Si](c2ccccn2)(C([2H])([2H])[2H])C([2H])([2H])[2H])c2ccccc2Oc2c1cccc2[Si](c1ccccc1)(c1ccccc1)c1cccc(-n2c3ccccc3n3c4ccccc4nc23)c1. The molecule has 9 heteroatoms. The van der Waals surface area contributed by atoms with Crippen LogP contribution >= 0.6 is 0 Å². The Hall–Kier alpha value is -7.44. The highest BCUT2D eigenvalue weighted by molar-refractivity contribution is 7.20. The third-order valence-electron chi connectivity index (χ3n) is 13.9. The van der Waals surface area contributed by atoms with Gasteiger partial charge in [0.1, 0.15) is 27.6 Å². The van der Waals surface area contributed by atoms with Crippen LogP contribution in [-0.2, 0) is 4.66 Å². The Bertz CT molecular complexity index is 3930. The smallest absolute Gasteiger partial charge is 0.220 e. The molecule has 0 amide bonds. The van der Waals surface area contributed by atoms with Gasteiger partial charge in [0, 0.05) is 56.8 Å². The molecule has 0 radical (unpaired) electrons. The topological polar surface area (TPSA) is 57.2 Å². The van der Waals surface area contributed by atoms with Crippen molar-refractivity contribution in [3.05, 3.63) is 236 Å². The van der Waals surface area contributed by atoms with E-state index in [2.05, 4.69) is 69.6 Å². The molecule has 7 aromatic carbocycles. The van der Waals surface area contributed by atoms with Gasteiger partial charge in [-0.15, -0.1) is 0 Å². The van der Waals surface area contributed by atoms with Crippen molar-refractivity contribution in [1.82, 2.24) is 23.9 Å². The van der Waals surface area contributed by atoms with Crippen LogP contribution in [0.3, 0.4) is 0 Å². The summed E-state index contributed by atoms with van der Waals surface area (Å²) in [5.41, 5.74) is 4.91. The number of ether oxygens (including phenoxy) is 1. The summed E-state index contributed by atoms with van der Waals surface area (Å²) in [5, 5.41) is 3.42. The van der Waals surface area contributed by atoms with E-state index in [0.717, 1.165) is 49.1 Å². The number of benzene rings is 7. The predicted molar refractivity (Wildman–Crippen MR) is 283 cm³/mol. The molecule has 6 nitrogen and oxygen atoms in total. The summed E-state index contributed by atoms with van der Waals surface area (Å²) in [7, 11) is -14.5. The van der Waals surface area contributed by atoms with Gasteiger partial charge in [-0.2, -0.15) is 0 Å². The van der Waals surface area contributed by atoms with Crippen LogP contribution in [0.5, 0.6) is 11.5 Å². The number of para-hydroxylation sites is 6. The maximum Gasteiger partial charge on any atom is 0.220 e. The van der Waals surface area contributed by atoms with E-state index in [-0.39, 0.29) is 33.3 Å². The van der Waals surface area contributed by atoms with Crippen molar-refractivity contribution in [2.24, 2.45) is 0 Å². The monoisotopic (exact) mass is 924 g/mol. The van der Waals surface area contributed by atoms with Gasteiger partial charge in [-0.25, -0.2) is 4.98 Å². The highest BCUT2D eigenvalue weighted by Gasteiger charge is 2.65. The Labute approximate surface area is 406 Å². The van der Waals surface area contributed by atoms with Crippen molar-refractivity contribution in [3.8, 4) is 17.2 Å². The van der Waals surface area contributed by atoms with E-state index < -0.39 is 48.3 Å². The molecule has 0 saturated carbocycles. The summed E-state index contributed by atoms with van der Waals surface area (Å²) in [5.74, 6) is 1.09. The van der Waals surface area contributed by atoms with Gasteiger partial charge < -0.3 is 4.74 Å². The molecule has 0 fully saturated rings. The molecule has 0 spiro atoms. The quantitative estimate of drug-likeness (QED) is 0.107. The van der Waals surface area contributed by atoms with Gasteiger partial charge in [-0.1, -0.05) is 172 Å². The summed E-state index contributed by atoms with van der Waals surface area (Å²) >= 11 is 0. The average molecular weight is 925 g/mol. The Kier molecular flexibility index (Phi) is 7.51. The molecular weight excluding hydrogens is 867 g/mol. The highest BCUT2D eigenvalue weighted by atomic mass is 28.4. The zero-order valence-corrected chi connectivity index (χ0v) is 39.5. The van der Waals surface area contributed by atoms with Crippen LogP contribution in [0.1, 0.15) is 23.5 Å². The third kappa shape index (κ3) is 5.81. The molecule has 2 atom stereocenters. The summed E-state index contributed by atoms with van der Waals surface area (Å²) in [6, 6.07) is 67.2. The summed E-state index contributed by atoms with van der Waals surface area (Å²) < 4.78 is 99.5. The van der Waals surface area contributed by atoms with Crippen molar-refractivity contribution in [3.63, 3.8) is 0 Å². The van der Waals surface area contributed by atoms with Crippen molar-refractivity contribution >= 4 is 83.4 Å². The lowest BCUT2D eigenvalue weighted by atomic mass is 9.98. The van der Waals surface area contributed by atoms with Gasteiger partial charge in [-0.3, -0.25) is 18.9 Å². The number of aromatic nitrogens is 5. The first-order valence-corrected chi connectivity index (χ1v) is 28.9. The molecule has 4 aromatic heterocycles. The van der Waals surface area contributed by atoms with Crippen LogP contribution in [0.15, 0.2) is 225 Å². The second kappa shape index (κ2) is 15.6. The number of fused-ring (bicyclic) bond motifs is 7. The first-order chi connectivity index (χ1) is 36.5. The summed E-state index contributed by atoms with van der Waals surface area (Å²) in [4.78, 5) is 14.8. The first-order valence-electron chi connectivity index (χ1n) is 26.9. The molecule has 0 N–H and O–H groups in total. The minimum atomic E-state index is -5.71. The van der Waals surface area contributed by atoms with E-state index in [1.807, 2.05) is 84.9 Å². The standard InChI is InChI=1S/C58H49N5OSi3/c1-65(2,54-37-17-19-39-59-54)58(66(3,4)55-38-18-20-40-60-55)46-29-11-16-35-52(46)64-56-47(58)30-22-36-53(56)67(43-24-7-5-8-25-43,44-26-9-6-10-27-44)45-28-21-23-42(41-45)62-50-33-14-15-34-51(50)63-49-32-13-12-31-48(49)61-57(62)63/h5-41H,1-4H3/i1D3,2D3,3D3. The van der Waals surface area contributed by atoms with Gasteiger partial charge >= 0.3 is 0 Å².